The summed E-state index contributed by atoms with van der Waals surface area (Å²) >= 11 is 14.3. The Morgan fingerprint density at radius 1 is 0.392 bits per heavy atom. The molecule has 5 aliphatic heterocycles. The van der Waals surface area contributed by atoms with Crippen molar-refractivity contribution < 1.29 is 41.5 Å². The van der Waals surface area contributed by atoms with Crippen LogP contribution in [0.5, 0.6) is 0 Å². The minimum absolute atomic E-state index is 0.0191. The number of anilines is 5. The van der Waals surface area contributed by atoms with E-state index in [1.165, 1.54) is 36.5 Å². The van der Waals surface area contributed by atoms with Crippen LogP contribution in [0, 0.1) is 48.4 Å². The van der Waals surface area contributed by atoms with E-state index in [4.69, 9.17) is 5.26 Å². The van der Waals surface area contributed by atoms with Gasteiger partial charge in [0, 0.05) is 142 Å². The molecule has 15 aromatic rings. The summed E-state index contributed by atoms with van der Waals surface area (Å²) in [7, 11) is 0. The Kier molecular flexibility index (Phi) is 27.8. The molecule has 0 spiro atoms. The van der Waals surface area contributed by atoms with Gasteiger partial charge in [0.25, 0.3) is 0 Å². The average molecular weight is 1980 g/mol. The smallest absolute Gasteiger partial charge is 0.317 e. The highest BCUT2D eigenvalue weighted by Crippen LogP contribution is 2.41. The summed E-state index contributed by atoms with van der Waals surface area (Å²) in [6.45, 7) is 16.0. The number of nitrogens with one attached hydrogen (secondary N) is 10. The van der Waals surface area contributed by atoms with Crippen molar-refractivity contribution in [2.45, 2.75) is 144 Å². The van der Waals surface area contributed by atoms with Gasteiger partial charge in [-0.2, -0.15) is 30.8 Å². The van der Waals surface area contributed by atoms with Crippen molar-refractivity contribution in [3.63, 3.8) is 0 Å². The van der Waals surface area contributed by atoms with E-state index in [9.17, 15) is 41.5 Å². The standard InChI is InChI=1S/C19H16FN5OS.C19H19FN4OS.C19H20N4OS.C18H16BrFN4OS.C17H15BrFN5OS/c1-11-7-16-14(18(24-23-16)17-3-2-6-27-17)10-25(11)19(26)22-13-4-5-15(20)12(8-13)9-21;1-11-8-13(5-6-15(11)20)21-19(25)24-10-14-16(9-12(24)2)22-23-18(14)17-4-3-7-26-17;1-12-5-3-6-14(9-12)20-19(24)23-11-15-16(10-13(23)2)21-22-18(15)17-7-4-8-25-17;1-10-8-14-11(17(23-22-14)15-6-3-7-26-15)9-24(10)18(25)21-13-5-2-4-12(19)16(13)20;1-9-7-12-10(15(23-22-12)13-3-2-6-26-13)8-24(9)17(25)21-11-4-5-20-16(18)14(11)19/h2-6,8,11H,7,10H2,1H3,(H,22,26)(H,23,24);3-8,12H,9-10H2,1-2H3,(H,21,25)(H,22,23);3-9,13H,10-11H2,1-2H3,(H,20,24)(H,21,22);2-7,10H,8-9H2,1H3,(H,21,25)(H,22,23);2-6,9H,7-8H2,1H3,(H,22,23)(H,20,21,25). The van der Waals surface area contributed by atoms with Crippen molar-refractivity contribution in [3.05, 3.63) is 284 Å². The number of aromatic amines is 5. The van der Waals surface area contributed by atoms with E-state index < -0.39 is 17.5 Å². The number of benzene rings is 4. The third-order valence-electron chi connectivity index (χ3n) is 22.9. The van der Waals surface area contributed by atoms with Crippen molar-refractivity contribution in [2.75, 3.05) is 26.6 Å². The second kappa shape index (κ2) is 40.0. The number of pyridine rings is 1. The molecule has 4 aromatic carbocycles. The molecule has 0 fully saturated rings. The third-order valence-corrected chi connectivity index (χ3v) is 28.5. The predicted octanol–water partition coefficient (Wildman–Crippen LogP) is 22.5. The van der Waals surface area contributed by atoms with Crippen LogP contribution in [0.4, 0.5) is 70.0 Å². The number of carbonyl (C=O) groups excluding carboxylic acids is 5. The Morgan fingerprint density at radius 2 is 0.715 bits per heavy atom. The zero-order valence-electron chi connectivity index (χ0n) is 71.0. The van der Waals surface area contributed by atoms with Gasteiger partial charge in [-0.05, 0) is 215 Å². The summed E-state index contributed by atoms with van der Waals surface area (Å²) in [4.78, 5) is 82.0. The Morgan fingerprint density at radius 3 is 1.05 bits per heavy atom. The summed E-state index contributed by atoms with van der Waals surface area (Å²) < 4.78 is 55.6. The van der Waals surface area contributed by atoms with E-state index in [1.54, 1.807) is 120 Å². The highest BCUT2D eigenvalue weighted by Gasteiger charge is 2.38. The van der Waals surface area contributed by atoms with Gasteiger partial charge in [0.15, 0.2) is 11.6 Å². The molecule has 0 aliphatic carbocycles. The van der Waals surface area contributed by atoms with Gasteiger partial charge in [0.05, 0.1) is 78.5 Å². The summed E-state index contributed by atoms with van der Waals surface area (Å²) in [6.07, 6.45) is 4.98. The average Bonchev–Trinajstić information content (AvgIpc) is 1.63. The summed E-state index contributed by atoms with van der Waals surface area (Å²) in [5.41, 5.74) is 18.7. The topological polar surface area (TPSA) is 342 Å². The van der Waals surface area contributed by atoms with Gasteiger partial charge in [-0.15, -0.1) is 56.7 Å². The maximum absolute atomic E-state index is 14.2. The van der Waals surface area contributed by atoms with Gasteiger partial charge >= 0.3 is 30.2 Å². The van der Waals surface area contributed by atoms with Crippen LogP contribution >= 0.6 is 88.5 Å². The number of thiophene rings is 5. The number of aryl methyl sites for hydroxylation is 2. The summed E-state index contributed by atoms with van der Waals surface area (Å²) in [5.74, 6) is -1.95. The molecule has 0 saturated carbocycles. The minimum Gasteiger partial charge on any atom is -0.317 e. The normalized spacial score (nSPS) is 16.3. The van der Waals surface area contributed by atoms with Crippen molar-refractivity contribution >= 4 is 147 Å². The fraction of sp³-hybridized carbons (Fsp3) is 0.239. The molecule has 666 valence electrons. The molecule has 0 bridgehead atoms. The van der Waals surface area contributed by atoms with Crippen molar-refractivity contribution in [3.8, 4) is 58.9 Å². The van der Waals surface area contributed by atoms with Crippen molar-refractivity contribution in [1.82, 2.24) is 80.5 Å². The summed E-state index contributed by atoms with van der Waals surface area (Å²) in [5, 5.41) is 70.8. The van der Waals surface area contributed by atoms with Crippen molar-refractivity contribution in [2.24, 2.45) is 0 Å². The van der Waals surface area contributed by atoms with Gasteiger partial charge in [-0.25, -0.2) is 46.5 Å². The van der Waals surface area contributed by atoms with Gasteiger partial charge in [0.2, 0.25) is 0 Å². The number of amides is 10. The van der Waals surface area contributed by atoms with Gasteiger partial charge < -0.3 is 51.1 Å². The number of hydrogen-bond acceptors (Lipinski definition) is 17. The van der Waals surface area contributed by atoms with E-state index in [-0.39, 0.29) is 87.7 Å². The number of rotatable bonds is 10. The number of aromatic nitrogens is 11. The van der Waals surface area contributed by atoms with Crippen LogP contribution in [0.1, 0.15) is 108 Å². The van der Waals surface area contributed by atoms with E-state index in [0.717, 1.165) is 133 Å². The van der Waals surface area contributed by atoms with Crippen LogP contribution in [-0.4, -0.2) is 141 Å². The van der Waals surface area contributed by atoms with Gasteiger partial charge in [-0.1, -0.05) is 48.5 Å². The second-order valence-corrected chi connectivity index (χ2v) is 38.1. The molecule has 11 aromatic heterocycles. The molecule has 16 heterocycles. The molecule has 0 radical (unpaired) electrons. The predicted molar refractivity (Wildman–Crippen MR) is 508 cm³/mol. The minimum atomic E-state index is -0.606. The van der Waals surface area contributed by atoms with E-state index in [2.05, 4.69) is 127 Å². The molecule has 5 aliphatic rings. The summed E-state index contributed by atoms with van der Waals surface area (Å²) in [6, 6.07) is 43.4. The fourth-order valence-electron chi connectivity index (χ4n) is 16.0. The highest BCUT2D eigenvalue weighted by atomic mass is 79.9. The number of nitrogens with zero attached hydrogens (tertiary/aromatic N) is 12. The third kappa shape index (κ3) is 20.1. The Labute approximate surface area is 781 Å². The van der Waals surface area contributed by atoms with Crippen LogP contribution in [0.3, 0.4) is 0 Å². The number of urea groups is 5. The first-order chi connectivity index (χ1) is 62.8. The Bertz CT molecular complexity index is 6470. The first kappa shape index (κ1) is 90.5. The van der Waals surface area contributed by atoms with E-state index in [0.29, 0.717) is 73.4 Å². The molecule has 5 atom stereocenters. The number of nitriles is 1. The first-order valence-corrected chi connectivity index (χ1v) is 47.4. The molecular weight excluding hydrogens is 1890 g/mol. The molecule has 27 nitrogen and oxygen atoms in total. The zero-order chi connectivity index (χ0) is 91.1. The lowest BCUT2D eigenvalue weighted by Gasteiger charge is -2.33. The number of hydrogen-bond donors (Lipinski definition) is 10. The van der Waals surface area contributed by atoms with Crippen LogP contribution in [0.15, 0.2) is 188 Å². The molecule has 130 heavy (non-hydrogen) atoms. The number of H-pyrrole nitrogens is 5. The number of carbonyl (C=O) groups is 5. The lowest BCUT2D eigenvalue weighted by atomic mass is 9.99. The fourth-order valence-corrected chi connectivity index (χ4v) is 20.4. The maximum atomic E-state index is 14.2. The van der Waals surface area contributed by atoms with E-state index >= 15 is 0 Å². The molecule has 10 N–H and O–H groups in total. The van der Waals surface area contributed by atoms with Crippen LogP contribution < -0.4 is 26.6 Å². The van der Waals surface area contributed by atoms with Crippen LogP contribution in [0.25, 0.3) is 52.9 Å². The first-order valence-electron chi connectivity index (χ1n) is 41.4. The second-order valence-electron chi connectivity index (χ2n) is 31.8. The lowest BCUT2D eigenvalue weighted by Crippen LogP contribution is -2.44. The number of halogens is 6. The lowest BCUT2D eigenvalue weighted by molar-refractivity contribution is 0.181. The van der Waals surface area contributed by atoms with Gasteiger partial charge in [0.1, 0.15) is 50.8 Å². The largest absolute Gasteiger partial charge is 0.322 e. The SMILES string of the molecule is CC1Cc2[nH]nc(-c3cccs3)c2CN1C(=O)Nc1ccc(F)c(C#N)c1.CC1Cc2[nH]nc(-c3cccs3)c2CN1C(=O)Nc1cccc(Br)c1F.CC1Cc2[nH]nc(-c3cccs3)c2CN1C(=O)Nc1ccnc(Br)c1F.Cc1cc(NC(=O)N2Cc3c(-c4cccs4)n[nH]c3CC2C)ccc1F.Cc1cccc(NC(=O)N2Cc3c(-c4cccs4)n[nH]c3CC2C)c1. The quantitative estimate of drug-likeness (QED) is 0.0451. The molecule has 10 amide bonds. The Hall–Kier alpha value is -12.9. The molecule has 38 heteroatoms. The Balaban J connectivity index is 0.000000119. The molecule has 0 saturated heterocycles. The zero-order valence-corrected chi connectivity index (χ0v) is 78.2. The monoisotopic (exact) mass is 1970 g/mol. The van der Waals surface area contributed by atoms with Crippen LogP contribution in [-0.2, 0) is 64.8 Å². The molecule has 5 unspecified atom stereocenters. The number of fused-ring (bicyclic) bond motifs is 5. The van der Waals surface area contributed by atoms with Crippen molar-refractivity contribution in [1.29, 1.82) is 5.26 Å². The maximum Gasteiger partial charge on any atom is 0.322 e. The van der Waals surface area contributed by atoms with Crippen LogP contribution in [0.2, 0.25) is 0 Å². The molecular formula is C92H86Br2F4N22O5S5. The molecule has 20 rings (SSSR count). The van der Waals surface area contributed by atoms with E-state index in [1.807, 2.05) is 145 Å². The van der Waals surface area contributed by atoms with Gasteiger partial charge in [-0.3, -0.25) is 25.5 Å². The highest BCUT2D eigenvalue weighted by molar-refractivity contribution is 9.10.